The zero-order chi connectivity index (χ0) is 20.2. The van der Waals surface area contributed by atoms with Crippen molar-refractivity contribution in [2.45, 2.75) is 46.2 Å². The van der Waals surface area contributed by atoms with E-state index in [2.05, 4.69) is 15.5 Å². The van der Waals surface area contributed by atoms with Gasteiger partial charge in [-0.2, -0.15) is 5.10 Å². The van der Waals surface area contributed by atoms with Crippen molar-refractivity contribution in [1.29, 1.82) is 0 Å². The van der Waals surface area contributed by atoms with E-state index >= 15 is 0 Å². The van der Waals surface area contributed by atoms with Gasteiger partial charge in [-0.1, -0.05) is 29.8 Å². The van der Waals surface area contributed by atoms with Crippen LogP contribution in [0.4, 0.5) is 0 Å². The third-order valence-electron chi connectivity index (χ3n) is 3.94. The van der Waals surface area contributed by atoms with Gasteiger partial charge in [-0.3, -0.25) is 19.3 Å². The minimum atomic E-state index is -0.326. The number of aromatic amines is 1. The number of nitrogens with zero attached hydrogens (tertiary/aromatic N) is 3. The van der Waals surface area contributed by atoms with E-state index in [4.69, 9.17) is 12.2 Å². The van der Waals surface area contributed by atoms with Gasteiger partial charge in [-0.05, 0) is 39.9 Å². The Hall–Kier alpha value is -2.48. The van der Waals surface area contributed by atoms with Gasteiger partial charge in [0.25, 0.3) is 0 Å². The van der Waals surface area contributed by atoms with Gasteiger partial charge < -0.3 is 10.2 Å². The molecule has 8 heteroatoms. The largest absolute Gasteiger partial charge is 0.350 e. The maximum absolute atomic E-state index is 12.4. The number of likely N-dealkylation sites (N-methyl/N-ethyl adjacent to an activating group) is 1. The lowest BCUT2D eigenvalue weighted by molar-refractivity contribution is -0.135. The average Bonchev–Trinajstić information content (AvgIpc) is 2.92. The highest BCUT2D eigenvalue weighted by atomic mass is 32.1. The predicted molar refractivity (Wildman–Crippen MR) is 108 cm³/mol. The molecule has 0 bridgehead atoms. The molecular weight excluding hydrogens is 362 g/mol. The quantitative estimate of drug-likeness (QED) is 0.744. The van der Waals surface area contributed by atoms with Gasteiger partial charge in [-0.15, -0.1) is 0 Å². The van der Waals surface area contributed by atoms with Crippen molar-refractivity contribution in [1.82, 2.24) is 25.0 Å². The Morgan fingerprint density at radius 3 is 2.48 bits per heavy atom. The van der Waals surface area contributed by atoms with Crippen LogP contribution in [0.15, 0.2) is 24.3 Å². The van der Waals surface area contributed by atoms with Crippen LogP contribution in [0.2, 0.25) is 0 Å². The number of rotatable bonds is 6. The van der Waals surface area contributed by atoms with Crippen molar-refractivity contribution < 1.29 is 9.59 Å². The molecule has 1 heterocycles. The van der Waals surface area contributed by atoms with Gasteiger partial charge in [0, 0.05) is 31.1 Å². The number of carbonyl (C=O) groups excluding carboxylic acids is 2. The van der Waals surface area contributed by atoms with Crippen LogP contribution in [0.3, 0.4) is 0 Å². The van der Waals surface area contributed by atoms with Crippen molar-refractivity contribution in [2.24, 2.45) is 0 Å². The number of hydrogen-bond acceptors (Lipinski definition) is 4. The summed E-state index contributed by atoms with van der Waals surface area (Å²) in [5.74, 6) is 0.386. The van der Waals surface area contributed by atoms with Crippen LogP contribution < -0.4 is 5.32 Å². The number of H-pyrrole nitrogens is 1. The van der Waals surface area contributed by atoms with E-state index in [0.29, 0.717) is 17.1 Å². The number of carbonyl (C=O) groups is 2. The summed E-state index contributed by atoms with van der Waals surface area (Å²) in [6.45, 7) is 8.14. The zero-order valence-electron chi connectivity index (χ0n) is 16.5. The van der Waals surface area contributed by atoms with Crippen molar-refractivity contribution in [3.63, 3.8) is 0 Å². The Kier molecular flexibility index (Phi) is 6.54. The second-order valence-electron chi connectivity index (χ2n) is 7.67. The third kappa shape index (κ3) is 6.02. The highest BCUT2D eigenvalue weighted by Crippen LogP contribution is 2.18. The smallest absolute Gasteiger partial charge is 0.240 e. The van der Waals surface area contributed by atoms with Crippen molar-refractivity contribution in [3.8, 4) is 11.4 Å². The average molecular weight is 390 g/mol. The SMILES string of the molecule is Cc1ccc(-c2n[nH]c(=S)n2CCC(=O)N(C)CC(=O)NC(C)(C)C)cc1. The first-order valence-electron chi connectivity index (χ1n) is 8.84. The molecule has 0 saturated heterocycles. The number of amides is 2. The van der Waals surface area contributed by atoms with Gasteiger partial charge in [0.15, 0.2) is 10.6 Å². The Morgan fingerprint density at radius 1 is 1.26 bits per heavy atom. The lowest BCUT2D eigenvalue weighted by Gasteiger charge is -2.23. The number of aromatic nitrogens is 3. The minimum absolute atomic E-state index is 0.0255. The molecule has 2 amide bonds. The lowest BCUT2D eigenvalue weighted by atomic mass is 10.1. The molecule has 0 atom stereocenters. The molecule has 2 N–H and O–H groups in total. The minimum Gasteiger partial charge on any atom is -0.350 e. The van der Waals surface area contributed by atoms with Crippen LogP contribution in [-0.2, 0) is 16.1 Å². The van der Waals surface area contributed by atoms with Gasteiger partial charge in [0.1, 0.15) is 0 Å². The van der Waals surface area contributed by atoms with Crippen LogP contribution in [-0.4, -0.2) is 50.6 Å². The van der Waals surface area contributed by atoms with E-state index in [9.17, 15) is 9.59 Å². The van der Waals surface area contributed by atoms with Gasteiger partial charge in [-0.25, -0.2) is 0 Å². The van der Waals surface area contributed by atoms with Gasteiger partial charge >= 0.3 is 0 Å². The molecule has 0 aliphatic heterocycles. The van der Waals surface area contributed by atoms with Crippen LogP contribution in [0.5, 0.6) is 0 Å². The van der Waals surface area contributed by atoms with E-state index in [1.54, 1.807) is 11.6 Å². The molecule has 0 unspecified atom stereocenters. The topological polar surface area (TPSA) is 83.0 Å². The fourth-order valence-corrected chi connectivity index (χ4v) is 2.83. The first kappa shape index (κ1) is 20.8. The highest BCUT2D eigenvalue weighted by molar-refractivity contribution is 7.71. The Bertz CT molecular complexity index is 861. The maximum atomic E-state index is 12.4. The normalized spacial score (nSPS) is 11.3. The molecule has 0 fully saturated rings. The number of benzene rings is 1. The van der Waals surface area contributed by atoms with E-state index in [1.807, 2.05) is 52.0 Å². The standard InChI is InChI=1S/C19H27N5O2S/c1-13-6-8-14(9-7-13)17-21-22-18(27)24(17)11-10-16(26)23(5)12-15(25)20-19(2,3)4/h6-9H,10-12H2,1-5H3,(H,20,25)(H,22,27). The molecule has 0 spiro atoms. The van der Waals surface area contributed by atoms with Crippen molar-refractivity contribution >= 4 is 24.0 Å². The second-order valence-corrected chi connectivity index (χ2v) is 8.05. The summed E-state index contributed by atoms with van der Waals surface area (Å²) in [5, 5.41) is 9.92. The molecule has 0 aliphatic rings. The summed E-state index contributed by atoms with van der Waals surface area (Å²) in [6.07, 6.45) is 0.228. The molecule has 0 aliphatic carbocycles. The summed E-state index contributed by atoms with van der Waals surface area (Å²) in [5.41, 5.74) is 1.76. The van der Waals surface area contributed by atoms with Crippen LogP contribution in [0.25, 0.3) is 11.4 Å². The van der Waals surface area contributed by atoms with Crippen molar-refractivity contribution in [3.05, 3.63) is 34.6 Å². The van der Waals surface area contributed by atoms with Crippen molar-refractivity contribution in [2.75, 3.05) is 13.6 Å². The summed E-state index contributed by atoms with van der Waals surface area (Å²) in [4.78, 5) is 25.8. The first-order valence-corrected chi connectivity index (χ1v) is 9.25. The van der Waals surface area contributed by atoms with Gasteiger partial charge in [0.05, 0.1) is 6.54 Å². The molecular formula is C19H27N5O2S. The number of aryl methyl sites for hydroxylation is 1. The highest BCUT2D eigenvalue weighted by Gasteiger charge is 2.18. The second kappa shape index (κ2) is 8.47. The molecule has 27 heavy (non-hydrogen) atoms. The molecule has 1 aromatic carbocycles. The molecule has 0 saturated carbocycles. The fourth-order valence-electron chi connectivity index (χ4n) is 2.61. The number of hydrogen-bond donors (Lipinski definition) is 2. The first-order chi connectivity index (χ1) is 12.6. The van der Waals surface area contributed by atoms with E-state index in [0.717, 1.165) is 11.1 Å². The Morgan fingerprint density at radius 2 is 1.89 bits per heavy atom. The molecule has 146 valence electrons. The molecule has 0 radical (unpaired) electrons. The Balaban J connectivity index is 2.01. The summed E-state index contributed by atoms with van der Waals surface area (Å²) in [6, 6.07) is 7.96. The lowest BCUT2D eigenvalue weighted by Crippen LogP contribution is -2.46. The Labute approximate surface area is 164 Å². The molecule has 2 rings (SSSR count). The van der Waals surface area contributed by atoms with E-state index in [-0.39, 0.29) is 30.3 Å². The van der Waals surface area contributed by atoms with Crippen LogP contribution in [0.1, 0.15) is 32.8 Å². The zero-order valence-corrected chi connectivity index (χ0v) is 17.3. The summed E-state index contributed by atoms with van der Waals surface area (Å²) < 4.78 is 2.27. The monoisotopic (exact) mass is 389 g/mol. The third-order valence-corrected chi connectivity index (χ3v) is 4.25. The van der Waals surface area contributed by atoms with Crippen LogP contribution >= 0.6 is 12.2 Å². The number of nitrogens with one attached hydrogen (secondary N) is 2. The summed E-state index contributed by atoms with van der Waals surface area (Å²) >= 11 is 5.30. The predicted octanol–water partition coefficient (Wildman–Crippen LogP) is 2.68. The van der Waals surface area contributed by atoms with Crippen LogP contribution in [0, 0.1) is 11.7 Å². The summed E-state index contributed by atoms with van der Waals surface area (Å²) in [7, 11) is 1.63. The molecule has 1 aromatic heterocycles. The molecule has 7 nitrogen and oxygen atoms in total. The fraction of sp³-hybridized carbons (Fsp3) is 0.474. The maximum Gasteiger partial charge on any atom is 0.240 e. The van der Waals surface area contributed by atoms with E-state index in [1.165, 1.54) is 4.90 Å². The van der Waals surface area contributed by atoms with Gasteiger partial charge in [0.2, 0.25) is 11.8 Å². The molecule has 2 aromatic rings. The van der Waals surface area contributed by atoms with E-state index < -0.39 is 0 Å².